The van der Waals surface area contributed by atoms with Gasteiger partial charge in [-0.3, -0.25) is 4.79 Å². The van der Waals surface area contributed by atoms with Crippen LogP contribution < -0.4 is 0 Å². The Labute approximate surface area is 90.1 Å². The molecule has 1 amide bonds. The second-order valence-electron chi connectivity index (χ2n) is 4.07. The molecule has 3 nitrogen and oxygen atoms in total. The number of carbonyl (C=O) groups excluding carboxylic acids is 1. The SMILES string of the molecule is CCc1oc(C(=O)N2CCCC2)cc1C. The van der Waals surface area contributed by atoms with Crippen LogP contribution in [0.4, 0.5) is 0 Å². The first-order valence-electron chi connectivity index (χ1n) is 5.61. The maximum atomic E-state index is 12.0. The lowest BCUT2D eigenvalue weighted by Crippen LogP contribution is -2.27. The average Bonchev–Trinajstić information content (AvgIpc) is 2.85. The van der Waals surface area contributed by atoms with Gasteiger partial charge in [-0.1, -0.05) is 6.92 Å². The lowest BCUT2D eigenvalue weighted by molar-refractivity contribution is 0.0759. The monoisotopic (exact) mass is 207 g/mol. The van der Waals surface area contributed by atoms with Crippen molar-refractivity contribution in [3.05, 3.63) is 23.2 Å². The van der Waals surface area contributed by atoms with E-state index in [4.69, 9.17) is 4.42 Å². The van der Waals surface area contributed by atoms with Crippen molar-refractivity contribution >= 4 is 5.91 Å². The number of carbonyl (C=O) groups is 1. The Morgan fingerprint density at radius 3 is 2.67 bits per heavy atom. The maximum absolute atomic E-state index is 12.0. The molecule has 0 atom stereocenters. The van der Waals surface area contributed by atoms with E-state index in [-0.39, 0.29) is 5.91 Å². The van der Waals surface area contributed by atoms with Gasteiger partial charge in [-0.05, 0) is 31.4 Å². The van der Waals surface area contributed by atoms with Crippen LogP contribution in [0.15, 0.2) is 10.5 Å². The van der Waals surface area contributed by atoms with E-state index in [0.29, 0.717) is 5.76 Å². The van der Waals surface area contributed by atoms with Crippen LogP contribution in [0, 0.1) is 6.92 Å². The van der Waals surface area contributed by atoms with Crippen LogP contribution in [0.25, 0.3) is 0 Å². The van der Waals surface area contributed by atoms with E-state index in [1.165, 1.54) is 0 Å². The zero-order valence-corrected chi connectivity index (χ0v) is 9.38. The molecule has 0 aromatic carbocycles. The summed E-state index contributed by atoms with van der Waals surface area (Å²) in [7, 11) is 0. The van der Waals surface area contributed by atoms with Crippen LogP contribution in [-0.4, -0.2) is 23.9 Å². The maximum Gasteiger partial charge on any atom is 0.289 e. The summed E-state index contributed by atoms with van der Waals surface area (Å²) in [6.07, 6.45) is 3.08. The summed E-state index contributed by atoms with van der Waals surface area (Å²) in [5.74, 6) is 1.49. The summed E-state index contributed by atoms with van der Waals surface area (Å²) in [5.41, 5.74) is 1.08. The first kappa shape index (κ1) is 10.3. The summed E-state index contributed by atoms with van der Waals surface area (Å²) in [6, 6.07) is 1.86. The third kappa shape index (κ3) is 1.91. The molecule has 2 heterocycles. The van der Waals surface area contributed by atoms with E-state index < -0.39 is 0 Å². The molecule has 1 aromatic rings. The Bertz CT molecular complexity index is 362. The molecule has 2 rings (SSSR count). The molecule has 1 aromatic heterocycles. The fraction of sp³-hybridized carbons (Fsp3) is 0.583. The number of furan rings is 1. The first-order chi connectivity index (χ1) is 7.22. The summed E-state index contributed by atoms with van der Waals surface area (Å²) in [5, 5.41) is 0. The van der Waals surface area contributed by atoms with Crippen molar-refractivity contribution in [1.29, 1.82) is 0 Å². The topological polar surface area (TPSA) is 33.5 Å². The highest BCUT2D eigenvalue weighted by molar-refractivity contribution is 5.92. The minimum atomic E-state index is 0.0512. The van der Waals surface area contributed by atoms with Crippen molar-refractivity contribution in [2.75, 3.05) is 13.1 Å². The van der Waals surface area contributed by atoms with Gasteiger partial charge in [0.1, 0.15) is 5.76 Å². The minimum Gasteiger partial charge on any atom is -0.456 e. The van der Waals surface area contributed by atoms with Crippen molar-refractivity contribution in [3.8, 4) is 0 Å². The molecule has 15 heavy (non-hydrogen) atoms. The summed E-state index contributed by atoms with van der Waals surface area (Å²) >= 11 is 0. The fourth-order valence-corrected chi connectivity index (χ4v) is 2.05. The highest BCUT2D eigenvalue weighted by Gasteiger charge is 2.22. The average molecular weight is 207 g/mol. The Morgan fingerprint density at radius 2 is 2.13 bits per heavy atom. The van der Waals surface area contributed by atoms with Crippen LogP contribution >= 0.6 is 0 Å². The van der Waals surface area contributed by atoms with Crippen molar-refractivity contribution in [2.24, 2.45) is 0 Å². The van der Waals surface area contributed by atoms with E-state index in [1.807, 2.05) is 24.8 Å². The molecule has 1 aliphatic rings. The third-order valence-corrected chi connectivity index (χ3v) is 2.95. The number of aryl methyl sites for hydroxylation is 2. The molecule has 1 aliphatic heterocycles. The second-order valence-corrected chi connectivity index (χ2v) is 4.07. The standard InChI is InChI=1S/C12H17NO2/c1-3-10-9(2)8-11(15-10)12(14)13-6-4-5-7-13/h8H,3-7H2,1-2H3. The Hall–Kier alpha value is -1.25. The van der Waals surface area contributed by atoms with Gasteiger partial charge in [0.15, 0.2) is 5.76 Å². The lowest BCUT2D eigenvalue weighted by Gasteiger charge is -2.12. The van der Waals surface area contributed by atoms with Crippen LogP contribution in [0.2, 0.25) is 0 Å². The van der Waals surface area contributed by atoms with E-state index in [2.05, 4.69) is 0 Å². The van der Waals surface area contributed by atoms with Gasteiger partial charge < -0.3 is 9.32 Å². The molecular weight excluding hydrogens is 190 g/mol. The van der Waals surface area contributed by atoms with Crippen LogP contribution in [0.1, 0.15) is 41.6 Å². The normalized spacial score (nSPS) is 16.0. The number of hydrogen-bond acceptors (Lipinski definition) is 2. The molecule has 0 unspecified atom stereocenters. The molecule has 3 heteroatoms. The van der Waals surface area contributed by atoms with E-state index in [9.17, 15) is 4.79 Å². The van der Waals surface area contributed by atoms with Gasteiger partial charge in [-0.25, -0.2) is 0 Å². The molecule has 0 saturated carbocycles. The van der Waals surface area contributed by atoms with Crippen molar-refractivity contribution in [2.45, 2.75) is 33.1 Å². The number of hydrogen-bond donors (Lipinski definition) is 0. The zero-order chi connectivity index (χ0) is 10.8. The van der Waals surface area contributed by atoms with Gasteiger partial charge in [0, 0.05) is 19.5 Å². The Balaban J connectivity index is 2.17. The summed E-state index contributed by atoms with van der Waals surface area (Å²) < 4.78 is 5.55. The molecule has 0 spiro atoms. The molecule has 0 aliphatic carbocycles. The summed E-state index contributed by atoms with van der Waals surface area (Å²) in [4.78, 5) is 13.8. The van der Waals surface area contributed by atoms with E-state index >= 15 is 0 Å². The van der Waals surface area contributed by atoms with Gasteiger partial charge in [0.25, 0.3) is 5.91 Å². The van der Waals surface area contributed by atoms with Crippen molar-refractivity contribution in [3.63, 3.8) is 0 Å². The predicted octanol–water partition coefficient (Wildman–Crippen LogP) is 2.39. The zero-order valence-electron chi connectivity index (χ0n) is 9.38. The number of nitrogens with zero attached hydrogens (tertiary/aromatic N) is 1. The molecule has 0 bridgehead atoms. The Morgan fingerprint density at radius 1 is 1.47 bits per heavy atom. The quantitative estimate of drug-likeness (QED) is 0.746. The fourth-order valence-electron chi connectivity index (χ4n) is 2.05. The molecule has 82 valence electrons. The first-order valence-corrected chi connectivity index (χ1v) is 5.61. The van der Waals surface area contributed by atoms with Crippen LogP contribution in [-0.2, 0) is 6.42 Å². The molecule has 0 N–H and O–H groups in total. The van der Waals surface area contributed by atoms with E-state index in [0.717, 1.165) is 43.7 Å². The summed E-state index contributed by atoms with van der Waals surface area (Å²) in [6.45, 7) is 5.78. The van der Waals surface area contributed by atoms with Gasteiger partial charge in [0.05, 0.1) is 0 Å². The highest BCUT2D eigenvalue weighted by Crippen LogP contribution is 2.19. The van der Waals surface area contributed by atoms with Crippen LogP contribution in [0.3, 0.4) is 0 Å². The Kier molecular flexibility index (Phi) is 2.80. The number of rotatable bonds is 2. The van der Waals surface area contributed by atoms with Gasteiger partial charge in [0.2, 0.25) is 0 Å². The van der Waals surface area contributed by atoms with Gasteiger partial charge in [-0.2, -0.15) is 0 Å². The van der Waals surface area contributed by atoms with Crippen molar-refractivity contribution < 1.29 is 9.21 Å². The molecule has 0 radical (unpaired) electrons. The van der Waals surface area contributed by atoms with Crippen molar-refractivity contribution in [1.82, 2.24) is 4.90 Å². The van der Waals surface area contributed by atoms with Gasteiger partial charge >= 0.3 is 0 Å². The molecule has 1 saturated heterocycles. The third-order valence-electron chi connectivity index (χ3n) is 2.95. The largest absolute Gasteiger partial charge is 0.456 e. The highest BCUT2D eigenvalue weighted by atomic mass is 16.4. The van der Waals surface area contributed by atoms with E-state index in [1.54, 1.807) is 0 Å². The lowest BCUT2D eigenvalue weighted by atomic mass is 10.2. The minimum absolute atomic E-state index is 0.0512. The molecular formula is C12H17NO2. The predicted molar refractivity (Wildman–Crippen MR) is 58.0 cm³/mol. The molecule has 1 fully saturated rings. The smallest absolute Gasteiger partial charge is 0.289 e. The number of likely N-dealkylation sites (tertiary alicyclic amines) is 1. The second kappa shape index (κ2) is 4.09. The van der Waals surface area contributed by atoms with Gasteiger partial charge in [-0.15, -0.1) is 0 Å². The van der Waals surface area contributed by atoms with Crippen LogP contribution in [0.5, 0.6) is 0 Å². The number of amides is 1.